The molecule has 2 aromatic rings. The van der Waals surface area contributed by atoms with Gasteiger partial charge in [-0.25, -0.2) is 8.78 Å². The summed E-state index contributed by atoms with van der Waals surface area (Å²) in [4.78, 5) is 0. The van der Waals surface area contributed by atoms with Crippen molar-refractivity contribution in [2.75, 3.05) is 6.54 Å². The van der Waals surface area contributed by atoms with Gasteiger partial charge in [-0.05, 0) is 58.2 Å². The van der Waals surface area contributed by atoms with Gasteiger partial charge in [-0.3, -0.25) is 0 Å². The van der Waals surface area contributed by atoms with Crippen molar-refractivity contribution in [1.29, 1.82) is 0 Å². The molecule has 1 atom stereocenters. The van der Waals surface area contributed by atoms with E-state index in [1.165, 1.54) is 18.2 Å². The van der Waals surface area contributed by atoms with Crippen molar-refractivity contribution in [1.82, 2.24) is 5.32 Å². The summed E-state index contributed by atoms with van der Waals surface area (Å²) in [6.07, 6.45) is 0.608. The lowest BCUT2D eigenvalue weighted by molar-refractivity contribution is 0.540. The minimum atomic E-state index is -0.284. The second kappa shape index (κ2) is 7.47. The van der Waals surface area contributed by atoms with Crippen molar-refractivity contribution < 1.29 is 8.78 Å². The maximum absolute atomic E-state index is 13.6. The van der Waals surface area contributed by atoms with E-state index in [2.05, 4.69) is 37.2 Å². The van der Waals surface area contributed by atoms with Gasteiger partial charge in [-0.15, -0.1) is 0 Å². The minimum Gasteiger partial charge on any atom is -0.310 e. The lowest BCUT2D eigenvalue weighted by atomic mass is 9.98. The SMILES string of the molecule is CCNC(Cc1cccc(F)c1Br)c1ccc(F)cc1Br. The van der Waals surface area contributed by atoms with Crippen LogP contribution >= 0.6 is 31.9 Å². The molecule has 0 fully saturated rings. The average molecular weight is 419 g/mol. The summed E-state index contributed by atoms with van der Waals surface area (Å²) in [6.45, 7) is 2.77. The Bertz CT molecular complexity index is 632. The monoisotopic (exact) mass is 417 g/mol. The van der Waals surface area contributed by atoms with Gasteiger partial charge in [0.2, 0.25) is 0 Å². The zero-order valence-corrected chi connectivity index (χ0v) is 14.6. The molecule has 1 N–H and O–H groups in total. The Balaban J connectivity index is 2.33. The molecule has 0 saturated heterocycles. The first-order valence-electron chi connectivity index (χ1n) is 6.64. The van der Waals surface area contributed by atoms with Crippen LogP contribution in [-0.4, -0.2) is 6.54 Å². The van der Waals surface area contributed by atoms with Gasteiger partial charge in [0.05, 0.1) is 4.47 Å². The van der Waals surface area contributed by atoms with Gasteiger partial charge in [-0.2, -0.15) is 0 Å². The Hall–Kier alpha value is -0.780. The molecule has 0 aromatic heterocycles. The molecular weight excluding hydrogens is 404 g/mol. The Morgan fingerprint density at radius 1 is 1.14 bits per heavy atom. The molecule has 0 heterocycles. The highest BCUT2D eigenvalue weighted by molar-refractivity contribution is 9.10. The summed E-state index contributed by atoms with van der Waals surface area (Å²) < 4.78 is 28.0. The van der Waals surface area contributed by atoms with Gasteiger partial charge in [0.15, 0.2) is 0 Å². The third-order valence-electron chi connectivity index (χ3n) is 3.24. The van der Waals surface area contributed by atoms with Crippen LogP contribution in [0.3, 0.4) is 0 Å². The third kappa shape index (κ3) is 4.11. The van der Waals surface area contributed by atoms with Crippen LogP contribution in [0.4, 0.5) is 8.78 Å². The van der Waals surface area contributed by atoms with Gasteiger partial charge in [0.1, 0.15) is 11.6 Å². The highest BCUT2D eigenvalue weighted by Crippen LogP contribution is 2.30. The molecule has 2 aromatic carbocycles. The number of benzene rings is 2. The molecule has 0 amide bonds. The zero-order valence-electron chi connectivity index (χ0n) is 11.5. The van der Waals surface area contributed by atoms with Gasteiger partial charge in [-0.1, -0.05) is 41.1 Å². The summed E-state index contributed by atoms with van der Waals surface area (Å²) >= 11 is 6.69. The average Bonchev–Trinajstić information content (AvgIpc) is 2.43. The summed E-state index contributed by atoms with van der Waals surface area (Å²) in [5.41, 5.74) is 1.83. The van der Waals surface area contributed by atoms with Gasteiger partial charge >= 0.3 is 0 Å². The molecule has 21 heavy (non-hydrogen) atoms. The lowest BCUT2D eigenvalue weighted by Crippen LogP contribution is -2.23. The van der Waals surface area contributed by atoms with E-state index in [-0.39, 0.29) is 17.7 Å². The minimum absolute atomic E-state index is 0.0249. The molecule has 0 spiro atoms. The van der Waals surface area contributed by atoms with Crippen LogP contribution in [0, 0.1) is 11.6 Å². The van der Waals surface area contributed by atoms with Crippen LogP contribution in [0.5, 0.6) is 0 Å². The van der Waals surface area contributed by atoms with Gasteiger partial charge < -0.3 is 5.32 Å². The highest BCUT2D eigenvalue weighted by atomic mass is 79.9. The molecule has 0 saturated carbocycles. The zero-order chi connectivity index (χ0) is 15.4. The Labute approximate surface area is 140 Å². The number of hydrogen-bond acceptors (Lipinski definition) is 1. The van der Waals surface area contributed by atoms with Crippen molar-refractivity contribution in [3.63, 3.8) is 0 Å². The summed E-state index contributed by atoms with van der Waals surface area (Å²) in [5.74, 6) is -0.561. The van der Waals surface area contributed by atoms with Gasteiger partial charge in [0, 0.05) is 10.5 Å². The summed E-state index contributed by atoms with van der Waals surface area (Å²) in [7, 11) is 0. The first kappa shape index (κ1) is 16.6. The van der Waals surface area contributed by atoms with Crippen molar-refractivity contribution in [2.45, 2.75) is 19.4 Å². The predicted octanol–water partition coefficient (Wildman–Crippen LogP) is 5.38. The Kier molecular flexibility index (Phi) is 5.90. The van der Waals surface area contributed by atoms with Crippen LogP contribution < -0.4 is 5.32 Å². The Morgan fingerprint density at radius 3 is 2.57 bits per heavy atom. The standard InChI is InChI=1S/C16H15Br2F2N/c1-2-21-15(12-7-6-11(19)9-13(12)17)8-10-4-3-5-14(20)16(10)18/h3-7,9,15,21H,2,8H2,1H3. The number of rotatable bonds is 5. The molecule has 0 radical (unpaired) electrons. The topological polar surface area (TPSA) is 12.0 Å². The second-order valence-corrected chi connectivity index (χ2v) is 6.34. The number of likely N-dealkylation sites (N-methyl/N-ethyl adjacent to an activating group) is 1. The molecule has 1 unspecified atom stereocenters. The van der Waals surface area contributed by atoms with E-state index >= 15 is 0 Å². The molecule has 112 valence electrons. The van der Waals surface area contributed by atoms with Crippen LogP contribution in [0.25, 0.3) is 0 Å². The summed E-state index contributed by atoms with van der Waals surface area (Å²) in [6, 6.07) is 9.60. The van der Waals surface area contributed by atoms with Crippen molar-refractivity contribution in [3.8, 4) is 0 Å². The molecule has 5 heteroatoms. The fourth-order valence-electron chi connectivity index (χ4n) is 2.25. The maximum Gasteiger partial charge on any atom is 0.137 e. The molecule has 0 aliphatic rings. The quantitative estimate of drug-likeness (QED) is 0.686. The van der Waals surface area contributed by atoms with Crippen molar-refractivity contribution >= 4 is 31.9 Å². The van der Waals surface area contributed by atoms with E-state index in [4.69, 9.17) is 0 Å². The first-order chi connectivity index (χ1) is 10.0. The van der Waals surface area contributed by atoms with Crippen molar-refractivity contribution in [3.05, 3.63) is 68.1 Å². The van der Waals surface area contributed by atoms with E-state index < -0.39 is 0 Å². The van der Waals surface area contributed by atoms with Crippen LogP contribution in [0.15, 0.2) is 45.3 Å². The fourth-order valence-corrected chi connectivity index (χ4v) is 3.30. The van der Waals surface area contributed by atoms with E-state index in [0.29, 0.717) is 15.4 Å². The van der Waals surface area contributed by atoms with Crippen LogP contribution in [0.1, 0.15) is 24.1 Å². The normalized spacial score (nSPS) is 12.4. The molecule has 0 aliphatic heterocycles. The number of hydrogen-bond donors (Lipinski definition) is 1. The fraction of sp³-hybridized carbons (Fsp3) is 0.250. The highest BCUT2D eigenvalue weighted by Gasteiger charge is 2.17. The second-order valence-electron chi connectivity index (χ2n) is 4.69. The predicted molar refractivity (Wildman–Crippen MR) is 88.3 cm³/mol. The largest absolute Gasteiger partial charge is 0.310 e. The smallest absolute Gasteiger partial charge is 0.137 e. The molecule has 2 rings (SSSR count). The molecular formula is C16H15Br2F2N. The number of nitrogens with one attached hydrogen (secondary N) is 1. The van der Waals surface area contributed by atoms with E-state index in [1.807, 2.05) is 13.0 Å². The molecule has 0 bridgehead atoms. The first-order valence-corrected chi connectivity index (χ1v) is 8.22. The molecule has 0 aliphatic carbocycles. The van der Waals surface area contributed by atoms with Crippen molar-refractivity contribution in [2.24, 2.45) is 0 Å². The lowest BCUT2D eigenvalue weighted by Gasteiger charge is -2.20. The van der Waals surface area contributed by atoms with Gasteiger partial charge in [0.25, 0.3) is 0 Å². The van der Waals surface area contributed by atoms with E-state index in [9.17, 15) is 8.78 Å². The Morgan fingerprint density at radius 2 is 1.90 bits per heavy atom. The molecule has 1 nitrogen and oxygen atoms in total. The maximum atomic E-state index is 13.6. The van der Waals surface area contributed by atoms with E-state index in [0.717, 1.165) is 17.7 Å². The van der Waals surface area contributed by atoms with E-state index in [1.54, 1.807) is 12.1 Å². The van der Waals surface area contributed by atoms with Crippen LogP contribution in [0.2, 0.25) is 0 Å². The summed E-state index contributed by atoms with van der Waals surface area (Å²) in [5, 5.41) is 3.36. The van der Waals surface area contributed by atoms with Crippen LogP contribution in [-0.2, 0) is 6.42 Å². The third-order valence-corrected chi connectivity index (χ3v) is 4.82. The number of halogens is 4.